The third kappa shape index (κ3) is 3.35. The number of benzene rings is 4. The minimum atomic E-state index is 0.749. The maximum absolute atomic E-state index is 6.21. The Morgan fingerprint density at radius 3 is 1.22 bits per heavy atom. The summed E-state index contributed by atoms with van der Waals surface area (Å²) in [6.07, 6.45) is 0. The van der Waals surface area contributed by atoms with Crippen molar-refractivity contribution < 1.29 is 0 Å². The Labute approximate surface area is 204 Å². The van der Waals surface area contributed by atoms with Crippen molar-refractivity contribution in [2.45, 2.75) is 0 Å². The van der Waals surface area contributed by atoms with Crippen molar-refractivity contribution in [3.05, 3.63) is 107 Å². The normalized spacial score (nSPS) is 11.4. The molecule has 0 bridgehead atoms. The Bertz CT molecular complexity index is 1450. The minimum Gasteiger partial charge on any atom is -0.135 e. The van der Waals surface area contributed by atoms with Gasteiger partial charge in [-0.1, -0.05) is 83.9 Å². The summed E-state index contributed by atoms with van der Waals surface area (Å²) in [4.78, 5) is 2.53. The van der Waals surface area contributed by atoms with Crippen LogP contribution in [0.15, 0.2) is 97.1 Å². The number of thiophene rings is 2. The van der Waals surface area contributed by atoms with Gasteiger partial charge in [-0.3, -0.25) is 0 Å². The molecular formula is C28H16Cl2S2. The third-order valence-electron chi connectivity index (χ3n) is 5.65. The quantitative estimate of drug-likeness (QED) is 0.233. The Morgan fingerprint density at radius 1 is 0.438 bits per heavy atom. The molecule has 0 radical (unpaired) electrons. The zero-order valence-corrected chi connectivity index (χ0v) is 20.0. The Morgan fingerprint density at radius 2 is 0.812 bits per heavy atom. The summed E-state index contributed by atoms with van der Waals surface area (Å²) >= 11 is 16.1. The minimum absolute atomic E-state index is 0.749. The van der Waals surface area contributed by atoms with E-state index in [4.69, 9.17) is 23.2 Å². The second-order valence-corrected chi connectivity index (χ2v) is 10.6. The average Bonchev–Trinajstić information content (AvgIpc) is 3.38. The molecule has 32 heavy (non-hydrogen) atoms. The lowest BCUT2D eigenvalue weighted by Crippen LogP contribution is -1.83. The van der Waals surface area contributed by atoms with Crippen LogP contribution in [0.4, 0.5) is 0 Å². The van der Waals surface area contributed by atoms with Crippen LogP contribution in [0.5, 0.6) is 0 Å². The summed E-state index contributed by atoms with van der Waals surface area (Å²) in [6.45, 7) is 0. The zero-order chi connectivity index (χ0) is 21.7. The van der Waals surface area contributed by atoms with E-state index in [0.717, 1.165) is 10.0 Å². The second-order valence-electron chi connectivity index (χ2n) is 7.62. The second kappa shape index (κ2) is 8.06. The standard InChI is InChI=1S/C28H16Cl2S2/c29-19-13-9-17(10-14-19)27-25(21-5-1-3-7-23(21)31-27)26-22-6-2-4-8-24(22)32-28(26)18-11-15-20(30)16-12-18/h1-16H. The highest BCUT2D eigenvalue weighted by Crippen LogP contribution is 2.52. The number of hydrogen-bond acceptors (Lipinski definition) is 2. The lowest BCUT2D eigenvalue weighted by molar-refractivity contribution is 1.68. The predicted molar refractivity (Wildman–Crippen MR) is 144 cm³/mol. The first-order valence-electron chi connectivity index (χ1n) is 10.2. The monoisotopic (exact) mass is 486 g/mol. The number of halogens is 2. The molecule has 0 atom stereocenters. The molecule has 0 amide bonds. The molecule has 0 saturated heterocycles. The van der Waals surface area contributed by atoms with Crippen LogP contribution in [0.3, 0.4) is 0 Å². The fourth-order valence-corrected chi connectivity index (χ4v) is 6.88. The van der Waals surface area contributed by atoms with Gasteiger partial charge in [0.2, 0.25) is 0 Å². The van der Waals surface area contributed by atoms with Crippen LogP contribution in [0.25, 0.3) is 52.2 Å². The third-order valence-corrected chi connectivity index (χ3v) is 8.60. The molecule has 0 nitrogen and oxygen atoms in total. The Balaban J connectivity index is 1.74. The van der Waals surface area contributed by atoms with Gasteiger partial charge in [0.15, 0.2) is 0 Å². The lowest BCUT2D eigenvalue weighted by Gasteiger charge is -2.09. The van der Waals surface area contributed by atoms with E-state index >= 15 is 0 Å². The molecule has 2 heterocycles. The van der Waals surface area contributed by atoms with E-state index < -0.39 is 0 Å². The molecule has 0 aliphatic rings. The molecule has 0 spiro atoms. The molecule has 4 heteroatoms. The van der Waals surface area contributed by atoms with Gasteiger partial charge in [0.05, 0.1) is 0 Å². The molecule has 0 fully saturated rings. The topological polar surface area (TPSA) is 0 Å². The largest absolute Gasteiger partial charge is 0.135 e. The molecule has 6 aromatic rings. The van der Waals surface area contributed by atoms with Crippen LogP contribution in [0.2, 0.25) is 10.0 Å². The van der Waals surface area contributed by atoms with Crippen molar-refractivity contribution in [3.8, 4) is 32.0 Å². The first kappa shape index (κ1) is 20.0. The van der Waals surface area contributed by atoms with Crippen molar-refractivity contribution >= 4 is 66.0 Å². The lowest BCUT2D eigenvalue weighted by atomic mass is 9.94. The van der Waals surface area contributed by atoms with E-state index in [2.05, 4.69) is 72.8 Å². The van der Waals surface area contributed by atoms with Crippen molar-refractivity contribution in [2.75, 3.05) is 0 Å². The van der Waals surface area contributed by atoms with Gasteiger partial charge in [-0.15, -0.1) is 22.7 Å². The van der Waals surface area contributed by atoms with Gasteiger partial charge >= 0.3 is 0 Å². The van der Waals surface area contributed by atoms with Gasteiger partial charge in [-0.05, 0) is 47.5 Å². The number of fused-ring (bicyclic) bond motifs is 2. The molecular weight excluding hydrogens is 471 g/mol. The molecule has 0 aliphatic heterocycles. The van der Waals surface area contributed by atoms with E-state index in [1.807, 2.05) is 46.9 Å². The first-order valence-corrected chi connectivity index (χ1v) is 12.6. The van der Waals surface area contributed by atoms with E-state index in [0.29, 0.717) is 0 Å². The van der Waals surface area contributed by atoms with Crippen LogP contribution in [0.1, 0.15) is 0 Å². The van der Waals surface area contributed by atoms with E-state index in [1.54, 1.807) is 0 Å². The van der Waals surface area contributed by atoms with Gasteiger partial charge in [-0.2, -0.15) is 0 Å². The van der Waals surface area contributed by atoms with E-state index in [1.165, 1.54) is 52.2 Å². The average molecular weight is 487 g/mol. The van der Waals surface area contributed by atoms with Crippen LogP contribution < -0.4 is 0 Å². The first-order chi connectivity index (χ1) is 15.7. The van der Waals surface area contributed by atoms with E-state index in [-0.39, 0.29) is 0 Å². The fraction of sp³-hybridized carbons (Fsp3) is 0. The maximum atomic E-state index is 6.21. The van der Waals surface area contributed by atoms with Gasteiger partial charge < -0.3 is 0 Å². The molecule has 4 aromatic carbocycles. The zero-order valence-electron chi connectivity index (χ0n) is 16.8. The summed E-state index contributed by atoms with van der Waals surface area (Å²) in [5, 5.41) is 4.06. The highest BCUT2D eigenvalue weighted by Gasteiger charge is 2.23. The van der Waals surface area contributed by atoms with Crippen molar-refractivity contribution in [2.24, 2.45) is 0 Å². The van der Waals surface area contributed by atoms with Crippen molar-refractivity contribution in [1.29, 1.82) is 0 Å². The maximum Gasteiger partial charge on any atom is 0.0434 e. The molecule has 154 valence electrons. The summed E-state index contributed by atoms with van der Waals surface area (Å²) in [5.41, 5.74) is 4.94. The number of rotatable bonds is 3. The molecule has 0 N–H and O–H groups in total. The molecule has 0 aliphatic carbocycles. The Hall–Kier alpha value is -2.62. The van der Waals surface area contributed by atoms with Crippen LogP contribution in [0, 0.1) is 0 Å². The fourth-order valence-electron chi connectivity index (χ4n) is 4.20. The predicted octanol–water partition coefficient (Wildman–Crippen LogP) is 10.4. The molecule has 0 saturated carbocycles. The van der Waals surface area contributed by atoms with Gasteiger partial charge in [0.25, 0.3) is 0 Å². The highest BCUT2D eigenvalue weighted by atomic mass is 35.5. The van der Waals surface area contributed by atoms with Crippen LogP contribution >= 0.6 is 45.9 Å². The molecule has 0 unspecified atom stereocenters. The highest BCUT2D eigenvalue weighted by molar-refractivity contribution is 7.24. The van der Waals surface area contributed by atoms with Gasteiger partial charge in [0.1, 0.15) is 0 Å². The van der Waals surface area contributed by atoms with Crippen molar-refractivity contribution in [1.82, 2.24) is 0 Å². The summed E-state index contributed by atoms with van der Waals surface area (Å²) in [5.74, 6) is 0. The summed E-state index contributed by atoms with van der Waals surface area (Å²) in [6, 6.07) is 33.7. The SMILES string of the molecule is Clc1ccc(-c2sc3ccccc3c2-c2c(-c3ccc(Cl)cc3)sc3ccccc23)cc1. The summed E-state index contributed by atoms with van der Waals surface area (Å²) in [7, 11) is 0. The molecule has 6 rings (SSSR count). The Kier molecular flexibility index (Phi) is 5.04. The summed E-state index contributed by atoms with van der Waals surface area (Å²) < 4.78 is 2.56. The molecule has 2 aromatic heterocycles. The van der Waals surface area contributed by atoms with Gasteiger partial charge in [0, 0.05) is 51.1 Å². The smallest absolute Gasteiger partial charge is 0.0434 e. The van der Waals surface area contributed by atoms with Crippen LogP contribution in [-0.2, 0) is 0 Å². The van der Waals surface area contributed by atoms with Gasteiger partial charge in [-0.25, -0.2) is 0 Å². The number of hydrogen-bond donors (Lipinski definition) is 0. The van der Waals surface area contributed by atoms with Crippen LogP contribution in [-0.4, -0.2) is 0 Å². The van der Waals surface area contributed by atoms with E-state index in [9.17, 15) is 0 Å². The van der Waals surface area contributed by atoms with Crippen molar-refractivity contribution in [3.63, 3.8) is 0 Å².